The third-order valence-electron chi connectivity index (χ3n) is 11.5. The maximum absolute atomic E-state index is 14.9. The Morgan fingerprint density at radius 1 is 1.08 bits per heavy atom. The van der Waals surface area contributed by atoms with Crippen LogP contribution in [0.1, 0.15) is 83.8 Å². The van der Waals surface area contributed by atoms with Gasteiger partial charge in [-0.1, -0.05) is 26.8 Å². The Bertz CT molecular complexity index is 2340. The number of anilines is 1. The first-order valence-corrected chi connectivity index (χ1v) is 24.3. The van der Waals surface area contributed by atoms with Crippen LogP contribution >= 0.6 is 30.0 Å². The lowest BCUT2D eigenvalue weighted by molar-refractivity contribution is -0.142. The summed E-state index contributed by atoms with van der Waals surface area (Å²) in [5.74, 6) is -0.522. The molecule has 3 aliphatic rings. The van der Waals surface area contributed by atoms with Crippen molar-refractivity contribution in [2.75, 3.05) is 19.0 Å². The van der Waals surface area contributed by atoms with Crippen LogP contribution in [0.3, 0.4) is 0 Å². The van der Waals surface area contributed by atoms with E-state index in [-0.39, 0.29) is 37.7 Å². The molecule has 61 heavy (non-hydrogen) atoms. The van der Waals surface area contributed by atoms with Gasteiger partial charge in [0, 0.05) is 46.7 Å². The van der Waals surface area contributed by atoms with Gasteiger partial charge in [0.05, 0.1) is 41.7 Å². The molecule has 4 aromatic rings. The van der Waals surface area contributed by atoms with E-state index in [0.29, 0.717) is 39.5 Å². The second kappa shape index (κ2) is 17.7. The minimum atomic E-state index is -4.12. The fourth-order valence-corrected chi connectivity index (χ4v) is 12.1. The van der Waals surface area contributed by atoms with Crippen LogP contribution in [0.5, 0.6) is 11.5 Å². The van der Waals surface area contributed by atoms with Crippen LogP contribution in [-0.4, -0.2) is 91.9 Å². The number of aromatic nitrogens is 3. The molecular formula is C43H56N7O8PS2. The largest absolute Gasteiger partial charge is 0.497 e. The van der Waals surface area contributed by atoms with Crippen LogP contribution in [0.2, 0.25) is 0 Å². The molecule has 0 spiro atoms. The van der Waals surface area contributed by atoms with Crippen LogP contribution in [0.15, 0.2) is 47.7 Å². The van der Waals surface area contributed by atoms with E-state index in [1.807, 2.05) is 59.1 Å². The van der Waals surface area contributed by atoms with Crippen LogP contribution in [-0.2, 0) is 25.1 Å². The number of nitrogens with zero attached hydrogens (tertiary/aromatic N) is 4. The van der Waals surface area contributed by atoms with Crippen molar-refractivity contribution in [3.8, 4) is 22.9 Å². The predicted octanol–water partition coefficient (Wildman–Crippen LogP) is 7.87. The Labute approximate surface area is 364 Å². The SMILES string of the molecule is C=C[C@@H]1C[C@]1(NC(=O)[C@@H]1C[C@@H](Oc2cc(-c3csc(NC(C)C)n3)nc3cc(OC)ccc23)CN1C(=O)C(NC(=O)OC1CCCC1)C(C)(C)C)P(=O)(O)Cc1csc(C)n1. The lowest BCUT2D eigenvalue weighted by Gasteiger charge is -2.36. The third kappa shape index (κ3) is 9.74. The van der Waals surface area contributed by atoms with Gasteiger partial charge in [-0.25, -0.2) is 19.7 Å². The molecular weight excluding hydrogens is 838 g/mol. The van der Waals surface area contributed by atoms with Gasteiger partial charge in [0.15, 0.2) is 5.13 Å². The molecule has 0 bridgehead atoms. The van der Waals surface area contributed by atoms with Gasteiger partial charge in [-0.3, -0.25) is 14.2 Å². The first-order valence-electron chi connectivity index (χ1n) is 20.7. The summed E-state index contributed by atoms with van der Waals surface area (Å²) in [4.78, 5) is 70.1. The molecule has 2 unspecified atom stereocenters. The summed E-state index contributed by atoms with van der Waals surface area (Å²) in [6, 6.07) is 5.23. The number of hydrogen-bond donors (Lipinski definition) is 4. The topological polar surface area (TPSA) is 194 Å². The van der Waals surface area contributed by atoms with Gasteiger partial charge < -0.3 is 40.0 Å². The number of methoxy groups -OCH3 is 1. The number of pyridine rings is 1. The van der Waals surface area contributed by atoms with E-state index in [9.17, 15) is 23.8 Å². The molecule has 7 rings (SSSR count). The number of rotatable bonds is 15. The van der Waals surface area contributed by atoms with E-state index in [0.717, 1.165) is 35.8 Å². The van der Waals surface area contributed by atoms with Gasteiger partial charge in [-0.15, -0.1) is 29.3 Å². The fourth-order valence-electron chi connectivity index (χ4n) is 8.24. The average Bonchev–Trinajstić information content (AvgIpc) is 3.76. The van der Waals surface area contributed by atoms with Crippen molar-refractivity contribution >= 4 is 64.0 Å². The van der Waals surface area contributed by atoms with Crippen molar-refractivity contribution in [3.05, 3.63) is 58.4 Å². The summed E-state index contributed by atoms with van der Waals surface area (Å²) in [5, 5.41) is 13.5. The molecule has 2 aliphatic carbocycles. The highest BCUT2D eigenvalue weighted by molar-refractivity contribution is 7.59. The maximum Gasteiger partial charge on any atom is 0.408 e. The number of nitrogens with one attached hydrogen (secondary N) is 3. The van der Waals surface area contributed by atoms with Crippen molar-refractivity contribution in [2.24, 2.45) is 11.3 Å². The van der Waals surface area contributed by atoms with E-state index in [1.165, 1.54) is 27.6 Å². The summed E-state index contributed by atoms with van der Waals surface area (Å²) >= 11 is 2.84. The van der Waals surface area contributed by atoms with Gasteiger partial charge in [0.2, 0.25) is 19.2 Å². The monoisotopic (exact) mass is 893 g/mol. The van der Waals surface area contributed by atoms with Gasteiger partial charge in [0.25, 0.3) is 0 Å². The zero-order valence-corrected chi connectivity index (χ0v) is 38.3. The lowest BCUT2D eigenvalue weighted by Crippen LogP contribution is -2.58. The molecule has 3 fully saturated rings. The zero-order chi connectivity index (χ0) is 43.9. The Balaban J connectivity index is 1.22. The van der Waals surface area contributed by atoms with E-state index in [1.54, 1.807) is 30.7 Å². The second-order valence-electron chi connectivity index (χ2n) is 17.6. The molecule has 3 amide bonds. The number of ether oxygens (including phenoxy) is 3. The first-order chi connectivity index (χ1) is 28.9. The van der Waals surface area contributed by atoms with Crippen molar-refractivity contribution in [1.29, 1.82) is 0 Å². The quantitative estimate of drug-likeness (QED) is 0.0668. The van der Waals surface area contributed by atoms with Crippen LogP contribution in [0.25, 0.3) is 22.3 Å². The van der Waals surface area contributed by atoms with E-state index < -0.39 is 60.1 Å². The fraction of sp³-hybridized carbons (Fsp3) is 0.535. The molecule has 3 aromatic heterocycles. The lowest BCUT2D eigenvalue weighted by atomic mass is 9.85. The minimum Gasteiger partial charge on any atom is -0.497 e. The Morgan fingerprint density at radius 3 is 2.48 bits per heavy atom. The zero-order valence-electron chi connectivity index (χ0n) is 35.7. The number of carbonyl (C=O) groups is 3. The van der Waals surface area contributed by atoms with Crippen molar-refractivity contribution < 1.29 is 38.1 Å². The van der Waals surface area contributed by atoms with Gasteiger partial charge in [-0.2, -0.15) is 0 Å². The summed E-state index contributed by atoms with van der Waals surface area (Å²) in [6.45, 7) is 15.3. The third-order valence-corrected chi connectivity index (χ3v) is 15.7. The molecule has 1 saturated heterocycles. The molecule has 1 aromatic carbocycles. The number of thiazole rings is 2. The summed E-state index contributed by atoms with van der Waals surface area (Å²) < 4.78 is 32.3. The Kier molecular flexibility index (Phi) is 12.9. The standard InChI is InChI=1S/C43H56N7O8PS2/c1-9-26-19-43(26,59(54,55)21-27-22-60-25(4)45-27)49-38(51)35-17-30(20-50(35)39(52)37(42(5,6)7)48-41(53)58-28-12-10-11-13-28)57-36-18-33(34-23-61-40(47-34)44-24(2)3)46-32-16-29(56-8)14-15-31(32)36/h9,14-16,18,22-24,26,28,30,35,37H,1,10-13,17,19-21H2,2-8H3,(H,44,47)(H,48,53)(H,49,51)(H,54,55)/t26-,30-,35+,37?,43+/m1/s1. The van der Waals surface area contributed by atoms with E-state index >= 15 is 0 Å². The highest BCUT2D eigenvalue weighted by Gasteiger charge is 2.66. The van der Waals surface area contributed by atoms with Gasteiger partial charge in [-0.05, 0) is 70.4 Å². The molecule has 18 heteroatoms. The first kappa shape index (κ1) is 44.5. The number of alkyl carbamates (subject to hydrolysis) is 1. The van der Waals surface area contributed by atoms with Crippen molar-refractivity contribution in [1.82, 2.24) is 30.5 Å². The van der Waals surface area contributed by atoms with Crippen LogP contribution < -0.4 is 25.4 Å². The minimum absolute atomic E-state index is 0.0237. The van der Waals surface area contributed by atoms with Crippen LogP contribution in [0.4, 0.5) is 9.93 Å². The smallest absolute Gasteiger partial charge is 0.408 e. The number of likely N-dealkylation sites (tertiary alicyclic amines) is 1. The summed E-state index contributed by atoms with van der Waals surface area (Å²) in [6.07, 6.45) is 3.42. The normalized spacial score (nSPS) is 23.0. The molecule has 0 radical (unpaired) electrons. The number of benzene rings is 1. The Morgan fingerprint density at radius 2 is 1.84 bits per heavy atom. The molecule has 328 valence electrons. The number of hydrogen-bond acceptors (Lipinski definition) is 13. The second-order valence-corrected chi connectivity index (χ2v) is 22.1. The van der Waals surface area contributed by atoms with E-state index in [2.05, 4.69) is 27.5 Å². The van der Waals surface area contributed by atoms with Gasteiger partial charge >= 0.3 is 6.09 Å². The Hall–Kier alpha value is -4.57. The molecule has 15 nitrogen and oxygen atoms in total. The molecule has 4 N–H and O–H groups in total. The predicted molar refractivity (Wildman–Crippen MR) is 237 cm³/mol. The average molecular weight is 894 g/mol. The number of fused-ring (bicyclic) bond motifs is 1. The molecule has 2 saturated carbocycles. The molecule has 1 aliphatic heterocycles. The highest BCUT2D eigenvalue weighted by Crippen LogP contribution is 2.70. The molecule has 6 atom stereocenters. The van der Waals surface area contributed by atoms with E-state index in [4.69, 9.17) is 24.2 Å². The summed E-state index contributed by atoms with van der Waals surface area (Å²) in [7, 11) is -2.54. The maximum atomic E-state index is 14.9. The number of amides is 3. The molecule has 4 heterocycles. The van der Waals surface area contributed by atoms with Crippen molar-refractivity contribution in [2.45, 2.75) is 122 Å². The summed E-state index contributed by atoms with van der Waals surface area (Å²) in [5.41, 5.74) is 1.46. The number of aryl methyl sites for hydroxylation is 1. The van der Waals surface area contributed by atoms with Gasteiger partial charge in [0.1, 0.15) is 46.8 Å². The van der Waals surface area contributed by atoms with Crippen molar-refractivity contribution in [3.63, 3.8) is 0 Å². The van der Waals surface area contributed by atoms with Crippen LogP contribution in [0, 0.1) is 18.3 Å². The highest BCUT2D eigenvalue weighted by atomic mass is 32.1. The number of carbonyl (C=O) groups excluding carboxylic acids is 3.